The summed E-state index contributed by atoms with van der Waals surface area (Å²) in [6.07, 6.45) is 4.42. The van der Waals surface area contributed by atoms with Crippen LogP contribution in [0, 0.1) is 11.2 Å². The average Bonchev–Trinajstić information content (AvgIpc) is 2.89. The molecule has 0 saturated carbocycles. The Bertz CT molecular complexity index is 1070. The van der Waals surface area contributed by atoms with E-state index >= 15 is 0 Å². The second-order valence-corrected chi connectivity index (χ2v) is 10.8. The van der Waals surface area contributed by atoms with E-state index in [0.717, 1.165) is 69.2 Å². The molecule has 194 valence electrons. The molecule has 1 heterocycles. The molecule has 1 saturated heterocycles. The Morgan fingerprint density at radius 1 is 1.08 bits per heavy atom. The van der Waals surface area contributed by atoms with Gasteiger partial charge in [-0.3, -0.25) is 0 Å². The monoisotopic (exact) mass is 510 g/mol. The predicted octanol–water partition coefficient (Wildman–Crippen LogP) is 5.79. The number of allylic oxidation sites excluding steroid dienone is 1. The van der Waals surface area contributed by atoms with Crippen molar-refractivity contribution in [2.24, 2.45) is 5.41 Å². The summed E-state index contributed by atoms with van der Waals surface area (Å²) in [6, 6.07) is 15.0. The van der Waals surface area contributed by atoms with E-state index in [0.29, 0.717) is 0 Å². The number of ether oxygens (including phenoxy) is 1. The van der Waals surface area contributed by atoms with Crippen LogP contribution in [-0.2, 0) is 0 Å². The summed E-state index contributed by atoms with van der Waals surface area (Å²) < 4.78 is 21.4. The Balaban J connectivity index is 1.62. The topological polar surface area (TPSA) is 39.8 Å². The molecule has 2 aromatic carbocycles. The van der Waals surface area contributed by atoms with Crippen LogP contribution < -0.4 is 15.4 Å². The molecule has 36 heavy (non-hydrogen) atoms. The second kappa shape index (κ2) is 12.3. The highest BCUT2D eigenvalue weighted by molar-refractivity contribution is 7.97. The number of piperidine rings is 1. The fourth-order valence-corrected chi connectivity index (χ4v) is 6.38. The lowest BCUT2D eigenvalue weighted by atomic mass is 9.68. The predicted molar refractivity (Wildman–Crippen MR) is 149 cm³/mol. The van der Waals surface area contributed by atoms with Crippen molar-refractivity contribution in [3.8, 4) is 5.75 Å². The van der Waals surface area contributed by atoms with Crippen LogP contribution in [0.4, 0.5) is 10.1 Å². The molecule has 2 aromatic rings. The van der Waals surface area contributed by atoms with Crippen molar-refractivity contribution in [2.45, 2.75) is 31.6 Å². The number of nitrogens with zero attached hydrogens (tertiary/aromatic N) is 2. The van der Waals surface area contributed by atoms with E-state index in [1.807, 2.05) is 43.3 Å². The van der Waals surface area contributed by atoms with Gasteiger partial charge >= 0.3 is 0 Å². The standard InChI is InChI=1S/C29H39FN4OS/c1-5-33(6-2)20-29-18-22(19-31-3)28(32-25-9-7-24(30)8-10-25)17-23(29)15-16-34(21-29)36-27-13-11-26(35-4)12-14-27/h7-14,17,31-32H,5-6,15-16,18-21H2,1-4H3. The lowest BCUT2D eigenvalue weighted by Crippen LogP contribution is -2.50. The van der Waals surface area contributed by atoms with Crippen molar-refractivity contribution in [3.05, 3.63) is 77.3 Å². The first kappa shape index (κ1) is 26.7. The van der Waals surface area contributed by atoms with Crippen molar-refractivity contribution in [3.63, 3.8) is 0 Å². The maximum atomic E-state index is 13.5. The summed E-state index contributed by atoms with van der Waals surface area (Å²) >= 11 is 1.85. The van der Waals surface area contributed by atoms with E-state index in [2.05, 4.69) is 51.9 Å². The molecule has 0 radical (unpaired) electrons. The zero-order valence-corrected chi connectivity index (χ0v) is 22.8. The number of halogens is 1. The molecule has 7 heteroatoms. The number of likely N-dealkylation sites (N-methyl/N-ethyl adjacent to an activating group) is 1. The maximum absolute atomic E-state index is 13.5. The van der Waals surface area contributed by atoms with Crippen LogP contribution >= 0.6 is 11.9 Å². The molecule has 2 aliphatic rings. The number of anilines is 1. The Kier molecular flexibility index (Phi) is 9.12. The van der Waals surface area contributed by atoms with Gasteiger partial charge < -0.3 is 20.3 Å². The SMILES string of the molecule is CCN(CC)CC12CC(CNC)=C(Nc3ccc(F)cc3)C=C1CCN(Sc1ccc(OC)cc1)C2. The van der Waals surface area contributed by atoms with Crippen molar-refractivity contribution < 1.29 is 9.13 Å². The Hall–Kier alpha value is -2.32. The Morgan fingerprint density at radius 2 is 1.81 bits per heavy atom. The van der Waals surface area contributed by atoms with Crippen LogP contribution in [0.15, 0.2) is 76.3 Å². The third-order valence-electron chi connectivity index (χ3n) is 7.27. The number of fused-ring (bicyclic) bond motifs is 1. The van der Waals surface area contributed by atoms with Crippen LogP contribution in [0.25, 0.3) is 0 Å². The zero-order valence-electron chi connectivity index (χ0n) is 21.9. The molecule has 1 aliphatic heterocycles. The van der Waals surface area contributed by atoms with Crippen molar-refractivity contribution in [1.29, 1.82) is 0 Å². The minimum absolute atomic E-state index is 0.0594. The fraction of sp³-hybridized carbons (Fsp3) is 0.448. The largest absolute Gasteiger partial charge is 0.497 e. The maximum Gasteiger partial charge on any atom is 0.123 e. The highest BCUT2D eigenvalue weighted by Crippen LogP contribution is 2.47. The van der Waals surface area contributed by atoms with Gasteiger partial charge in [0.1, 0.15) is 11.6 Å². The van der Waals surface area contributed by atoms with Crippen molar-refractivity contribution in [2.75, 3.05) is 58.7 Å². The summed E-state index contributed by atoms with van der Waals surface area (Å²) in [4.78, 5) is 3.80. The third-order valence-corrected chi connectivity index (χ3v) is 8.32. The van der Waals surface area contributed by atoms with E-state index in [-0.39, 0.29) is 11.2 Å². The first-order valence-electron chi connectivity index (χ1n) is 12.9. The molecule has 1 fully saturated rings. The number of benzene rings is 2. The molecule has 4 rings (SSSR count). The molecular formula is C29H39FN4OS. The normalized spacial score (nSPS) is 20.3. The van der Waals surface area contributed by atoms with Gasteiger partial charge in [-0.05, 0) is 105 Å². The van der Waals surface area contributed by atoms with Gasteiger partial charge in [-0.1, -0.05) is 19.4 Å². The Labute approximate surface area is 219 Å². The van der Waals surface area contributed by atoms with Crippen molar-refractivity contribution >= 4 is 17.6 Å². The third kappa shape index (κ3) is 6.32. The molecule has 1 unspecified atom stereocenters. The van der Waals surface area contributed by atoms with Crippen LogP contribution in [0.2, 0.25) is 0 Å². The van der Waals surface area contributed by atoms with E-state index in [9.17, 15) is 4.39 Å². The van der Waals surface area contributed by atoms with Gasteiger partial charge in [-0.15, -0.1) is 0 Å². The number of hydrogen-bond acceptors (Lipinski definition) is 6. The van der Waals surface area contributed by atoms with Crippen molar-refractivity contribution in [1.82, 2.24) is 14.5 Å². The number of methoxy groups -OCH3 is 1. The minimum atomic E-state index is -0.216. The average molecular weight is 511 g/mol. The summed E-state index contributed by atoms with van der Waals surface area (Å²) in [5.74, 6) is 0.670. The van der Waals surface area contributed by atoms with E-state index in [1.54, 1.807) is 7.11 Å². The fourth-order valence-electron chi connectivity index (χ4n) is 5.33. The van der Waals surface area contributed by atoms with Gasteiger partial charge in [0.05, 0.1) is 7.11 Å². The molecule has 5 nitrogen and oxygen atoms in total. The highest BCUT2D eigenvalue weighted by Gasteiger charge is 2.43. The molecule has 2 N–H and O–H groups in total. The lowest BCUT2D eigenvalue weighted by Gasteiger charge is -2.49. The number of rotatable bonds is 11. The quantitative estimate of drug-likeness (QED) is 0.373. The summed E-state index contributed by atoms with van der Waals surface area (Å²) in [6.45, 7) is 10.5. The summed E-state index contributed by atoms with van der Waals surface area (Å²) in [7, 11) is 3.71. The van der Waals surface area contributed by atoms with Gasteiger partial charge in [-0.2, -0.15) is 0 Å². The highest BCUT2D eigenvalue weighted by atomic mass is 32.2. The van der Waals surface area contributed by atoms with E-state index in [4.69, 9.17) is 4.74 Å². The lowest BCUT2D eigenvalue weighted by molar-refractivity contribution is 0.139. The number of hydrogen-bond donors (Lipinski definition) is 2. The molecular weight excluding hydrogens is 471 g/mol. The van der Waals surface area contributed by atoms with Gasteiger partial charge in [0.15, 0.2) is 0 Å². The Morgan fingerprint density at radius 3 is 2.44 bits per heavy atom. The first-order valence-corrected chi connectivity index (χ1v) is 13.7. The molecule has 0 amide bonds. The van der Waals surface area contributed by atoms with E-state index in [1.165, 1.54) is 28.2 Å². The van der Waals surface area contributed by atoms with E-state index < -0.39 is 0 Å². The molecule has 1 atom stereocenters. The molecule has 0 bridgehead atoms. The first-order chi connectivity index (χ1) is 17.5. The molecule has 0 spiro atoms. The van der Waals surface area contributed by atoms with Gasteiger partial charge in [-0.25, -0.2) is 8.70 Å². The van der Waals surface area contributed by atoms with Gasteiger partial charge in [0.25, 0.3) is 0 Å². The van der Waals surface area contributed by atoms with Crippen LogP contribution in [0.1, 0.15) is 26.7 Å². The summed E-state index contributed by atoms with van der Waals surface area (Å²) in [5, 5.41) is 6.98. The zero-order chi connectivity index (χ0) is 25.5. The second-order valence-electron chi connectivity index (χ2n) is 9.65. The molecule has 1 aliphatic carbocycles. The smallest absolute Gasteiger partial charge is 0.123 e. The van der Waals surface area contributed by atoms with Crippen LogP contribution in [-0.4, -0.2) is 62.6 Å². The molecule has 0 aromatic heterocycles. The van der Waals surface area contributed by atoms with Gasteiger partial charge in [0.2, 0.25) is 0 Å². The van der Waals surface area contributed by atoms with Crippen LogP contribution in [0.3, 0.4) is 0 Å². The summed E-state index contributed by atoms with van der Waals surface area (Å²) in [5.41, 5.74) is 5.02. The number of nitrogens with one attached hydrogen (secondary N) is 2. The minimum Gasteiger partial charge on any atom is -0.497 e. The van der Waals surface area contributed by atoms with Gasteiger partial charge in [0, 0.05) is 47.9 Å². The van der Waals surface area contributed by atoms with Crippen LogP contribution in [0.5, 0.6) is 5.75 Å².